The van der Waals surface area contributed by atoms with E-state index in [0.717, 1.165) is 28.0 Å². The van der Waals surface area contributed by atoms with E-state index < -0.39 is 17.5 Å². The van der Waals surface area contributed by atoms with Crippen LogP contribution in [0.15, 0.2) is 103 Å². The molecule has 0 radical (unpaired) electrons. The minimum atomic E-state index is -0.761. The Labute approximate surface area is 254 Å². The maximum Gasteiger partial charge on any atom is 0.412 e. The summed E-state index contributed by atoms with van der Waals surface area (Å²) in [6.07, 6.45) is 2.91. The number of carbonyl (C=O) groups is 3. The van der Waals surface area contributed by atoms with Gasteiger partial charge in [0.1, 0.15) is 23.8 Å². The van der Waals surface area contributed by atoms with E-state index in [4.69, 9.17) is 9.47 Å². The SMILES string of the molecule is COc1ccc(CNC(=O)Cc2cccc(NC(=O)C3CSC(c4ccncc4)N3C(=O)OCc3ccccc3)c2)cc1. The monoisotopic (exact) mass is 596 g/mol. The molecule has 220 valence electrons. The van der Waals surface area contributed by atoms with Crippen molar-refractivity contribution in [2.24, 2.45) is 0 Å². The van der Waals surface area contributed by atoms with Crippen LogP contribution >= 0.6 is 11.8 Å². The Kier molecular flexibility index (Phi) is 9.91. The van der Waals surface area contributed by atoms with Crippen molar-refractivity contribution >= 4 is 35.4 Å². The normalized spacial score (nSPS) is 15.9. The molecule has 1 aliphatic heterocycles. The zero-order valence-electron chi connectivity index (χ0n) is 23.6. The molecule has 0 spiro atoms. The van der Waals surface area contributed by atoms with E-state index >= 15 is 0 Å². The number of methoxy groups -OCH3 is 1. The fourth-order valence-electron chi connectivity index (χ4n) is 4.69. The highest BCUT2D eigenvalue weighted by Crippen LogP contribution is 2.42. The molecular weight excluding hydrogens is 564 g/mol. The van der Waals surface area contributed by atoms with Crippen LogP contribution in [0.5, 0.6) is 5.75 Å². The standard InChI is InChI=1S/C33H32N4O5S/c1-41-28-12-10-23(11-13-28)20-35-30(38)19-25-8-5-9-27(18-25)36-31(39)29-22-43-32(26-14-16-34-17-15-26)37(29)33(40)42-21-24-6-3-2-4-7-24/h2-18,29,32H,19-22H2,1H3,(H,35,38)(H,36,39). The molecule has 1 saturated heterocycles. The molecule has 1 aromatic heterocycles. The van der Waals surface area contributed by atoms with Gasteiger partial charge in [0, 0.05) is 30.4 Å². The number of ether oxygens (including phenoxy) is 2. The summed E-state index contributed by atoms with van der Waals surface area (Å²) in [6.45, 7) is 0.494. The largest absolute Gasteiger partial charge is 0.497 e. The molecule has 3 amide bonds. The number of nitrogens with one attached hydrogen (secondary N) is 2. The smallest absolute Gasteiger partial charge is 0.412 e. The van der Waals surface area contributed by atoms with Crippen LogP contribution in [0.1, 0.15) is 27.6 Å². The first-order chi connectivity index (χ1) is 21.0. The molecular formula is C33H32N4O5S. The first kappa shape index (κ1) is 29.7. The van der Waals surface area contributed by atoms with E-state index in [9.17, 15) is 14.4 Å². The number of hydrogen-bond donors (Lipinski definition) is 2. The van der Waals surface area contributed by atoms with Crippen LogP contribution in [-0.4, -0.2) is 46.7 Å². The quantitative estimate of drug-likeness (QED) is 0.254. The summed E-state index contributed by atoms with van der Waals surface area (Å²) < 4.78 is 10.8. The summed E-state index contributed by atoms with van der Waals surface area (Å²) in [7, 11) is 1.61. The second-order valence-corrected chi connectivity index (χ2v) is 11.0. The molecule has 0 bridgehead atoms. The zero-order chi connectivity index (χ0) is 30.0. The Morgan fingerprint density at radius 1 is 0.907 bits per heavy atom. The van der Waals surface area contributed by atoms with E-state index in [1.54, 1.807) is 37.7 Å². The van der Waals surface area contributed by atoms with E-state index in [1.807, 2.05) is 72.8 Å². The molecule has 2 N–H and O–H groups in total. The number of rotatable bonds is 10. The van der Waals surface area contributed by atoms with E-state index in [-0.39, 0.29) is 24.8 Å². The molecule has 2 atom stereocenters. The molecule has 3 aromatic carbocycles. The average molecular weight is 597 g/mol. The summed E-state index contributed by atoms with van der Waals surface area (Å²) in [6, 6.07) is 27.0. The van der Waals surface area contributed by atoms with Crippen LogP contribution in [0, 0.1) is 0 Å². The van der Waals surface area contributed by atoms with Gasteiger partial charge in [-0.05, 0) is 58.7 Å². The van der Waals surface area contributed by atoms with Crippen LogP contribution in [0.2, 0.25) is 0 Å². The van der Waals surface area contributed by atoms with Gasteiger partial charge in [-0.15, -0.1) is 11.8 Å². The van der Waals surface area contributed by atoms with E-state index in [1.165, 1.54) is 16.7 Å². The van der Waals surface area contributed by atoms with Crippen molar-refractivity contribution in [2.45, 2.75) is 31.0 Å². The molecule has 2 unspecified atom stereocenters. The summed E-state index contributed by atoms with van der Waals surface area (Å²) >= 11 is 1.49. The molecule has 1 fully saturated rings. The molecule has 0 aliphatic carbocycles. The van der Waals surface area contributed by atoms with Gasteiger partial charge >= 0.3 is 6.09 Å². The van der Waals surface area contributed by atoms with Crippen molar-refractivity contribution in [2.75, 3.05) is 18.2 Å². The number of anilines is 1. The Morgan fingerprint density at radius 3 is 2.40 bits per heavy atom. The maximum absolute atomic E-state index is 13.5. The van der Waals surface area contributed by atoms with Gasteiger partial charge < -0.3 is 20.1 Å². The van der Waals surface area contributed by atoms with Crippen LogP contribution in [0.25, 0.3) is 0 Å². The fourth-order valence-corrected chi connectivity index (χ4v) is 6.11. The van der Waals surface area contributed by atoms with Gasteiger partial charge in [-0.2, -0.15) is 0 Å². The summed E-state index contributed by atoms with van der Waals surface area (Å²) in [4.78, 5) is 45.1. The van der Waals surface area contributed by atoms with Gasteiger partial charge in [-0.1, -0.05) is 54.6 Å². The Hall–Kier alpha value is -4.83. The number of thioether (sulfide) groups is 1. The van der Waals surface area contributed by atoms with Crippen molar-refractivity contribution in [1.82, 2.24) is 15.2 Å². The number of hydrogen-bond acceptors (Lipinski definition) is 7. The lowest BCUT2D eigenvalue weighted by atomic mass is 10.1. The van der Waals surface area contributed by atoms with Crippen LogP contribution in [0.4, 0.5) is 10.5 Å². The first-order valence-corrected chi connectivity index (χ1v) is 14.8. The van der Waals surface area contributed by atoms with Crippen molar-refractivity contribution in [3.8, 4) is 5.75 Å². The highest BCUT2D eigenvalue weighted by atomic mass is 32.2. The average Bonchev–Trinajstić information content (AvgIpc) is 3.50. The molecule has 1 aliphatic rings. The van der Waals surface area contributed by atoms with Gasteiger partial charge in [-0.3, -0.25) is 19.5 Å². The number of benzene rings is 3. The lowest BCUT2D eigenvalue weighted by molar-refractivity contribution is -0.121. The highest BCUT2D eigenvalue weighted by molar-refractivity contribution is 7.99. The molecule has 10 heteroatoms. The van der Waals surface area contributed by atoms with Crippen molar-refractivity contribution in [3.05, 3.63) is 126 Å². The Morgan fingerprint density at radius 2 is 1.65 bits per heavy atom. The molecule has 0 saturated carbocycles. The van der Waals surface area contributed by atoms with Crippen LogP contribution in [0.3, 0.4) is 0 Å². The number of pyridine rings is 1. The number of aromatic nitrogens is 1. The minimum Gasteiger partial charge on any atom is -0.497 e. The molecule has 43 heavy (non-hydrogen) atoms. The fraction of sp³-hybridized carbons (Fsp3) is 0.212. The second-order valence-electron chi connectivity index (χ2n) is 9.92. The van der Waals surface area contributed by atoms with Crippen LogP contribution in [-0.2, 0) is 33.9 Å². The van der Waals surface area contributed by atoms with Crippen molar-refractivity contribution < 1.29 is 23.9 Å². The van der Waals surface area contributed by atoms with Gasteiger partial charge in [0.15, 0.2) is 0 Å². The molecule has 2 heterocycles. The zero-order valence-corrected chi connectivity index (χ0v) is 24.5. The van der Waals surface area contributed by atoms with Crippen molar-refractivity contribution in [1.29, 1.82) is 0 Å². The molecule has 5 rings (SSSR count). The number of nitrogens with zero attached hydrogens (tertiary/aromatic N) is 2. The van der Waals surface area contributed by atoms with Gasteiger partial charge in [-0.25, -0.2) is 4.79 Å². The first-order valence-electron chi connectivity index (χ1n) is 13.8. The third-order valence-corrected chi connectivity index (χ3v) is 8.24. The third kappa shape index (κ3) is 7.92. The van der Waals surface area contributed by atoms with Gasteiger partial charge in [0.2, 0.25) is 11.8 Å². The highest BCUT2D eigenvalue weighted by Gasteiger charge is 2.43. The summed E-state index contributed by atoms with van der Waals surface area (Å²) in [5.74, 6) is 0.679. The molecule has 4 aromatic rings. The maximum atomic E-state index is 13.5. The number of amides is 3. The Balaban J connectivity index is 1.23. The Bertz CT molecular complexity index is 1540. The topological polar surface area (TPSA) is 110 Å². The van der Waals surface area contributed by atoms with Crippen LogP contribution < -0.4 is 15.4 Å². The lowest BCUT2D eigenvalue weighted by Gasteiger charge is -2.28. The lowest BCUT2D eigenvalue weighted by Crippen LogP contribution is -2.45. The number of carbonyl (C=O) groups excluding carboxylic acids is 3. The summed E-state index contributed by atoms with van der Waals surface area (Å²) in [5, 5.41) is 5.46. The van der Waals surface area contributed by atoms with Crippen molar-refractivity contribution in [3.63, 3.8) is 0 Å². The van der Waals surface area contributed by atoms with Gasteiger partial charge in [0.25, 0.3) is 0 Å². The predicted molar refractivity (Wildman–Crippen MR) is 165 cm³/mol. The second kappa shape index (κ2) is 14.4. The minimum absolute atomic E-state index is 0.0980. The van der Waals surface area contributed by atoms with Gasteiger partial charge in [0.05, 0.1) is 13.5 Å². The third-order valence-electron chi connectivity index (χ3n) is 6.92. The van der Waals surface area contributed by atoms with E-state index in [0.29, 0.717) is 18.0 Å². The van der Waals surface area contributed by atoms with E-state index in [2.05, 4.69) is 15.6 Å². The molecule has 9 nitrogen and oxygen atoms in total. The summed E-state index contributed by atoms with van der Waals surface area (Å²) in [5.41, 5.74) is 3.96. The predicted octanol–water partition coefficient (Wildman–Crippen LogP) is 5.34.